The molecule has 0 saturated carbocycles. The number of guanidine groups is 1. The second-order valence-electron chi connectivity index (χ2n) is 5.43. The molecule has 136 valence electrons. The number of ether oxygens (including phenoxy) is 1. The van der Waals surface area contributed by atoms with Gasteiger partial charge in [-0.15, -0.1) is 35.3 Å². The van der Waals surface area contributed by atoms with E-state index in [-0.39, 0.29) is 24.0 Å². The molecule has 0 saturated heterocycles. The first-order chi connectivity index (χ1) is 12.3. The highest BCUT2D eigenvalue weighted by atomic mass is 127. The molecular weight excluding hydrogens is 459 g/mol. The van der Waals surface area contributed by atoms with Crippen molar-refractivity contribution in [3.63, 3.8) is 0 Å². The second kappa shape index (κ2) is 10.2. The molecule has 0 radical (unpaired) electrons. The highest BCUT2D eigenvalue weighted by Gasteiger charge is 2.05. The summed E-state index contributed by atoms with van der Waals surface area (Å²) < 4.78 is 5.19. The van der Waals surface area contributed by atoms with E-state index in [4.69, 9.17) is 10.5 Å². The summed E-state index contributed by atoms with van der Waals surface area (Å²) in [7, 11) is 1.67. The van der Waals surface area contributed by atoms with Gasteiger partial charge < -0.3 is 15.8 Å². The van der Waals surface area contributed by atoms with E-state index in [1.54, 1.807) is 18.4 Å². The third-order valence-electron chi connectivity index (χ3n) is 3.56. The van der Waals surface area contributed by atoms with Crippen LogP contribution in [0.3, 0.4) is 0 Å². The summed E-state index contributed by atoms with van der Waals surface area (Å²) in [5, 5.41) is 6.13. The molecule has 0 unspecified atom stereocenters. The molecule has 0 fully saturated rings. The van der Waals surface area contributed by atoms with E-state index in [0.29, 0.717) is 19.1 Å². The van der Waals surface area contributed by atoms with Gasteiger partial charge in [0.2, 0.25) is 0 Å². The maximum atomic E-state index is 6.01. The lowest BCUT2D eigenvalue weighted by molar-refractivity contribution is 0.185. The Hall–Kier alpha value is -1.97. The molecule has 7 heteroatoms. The van der Waals surface area contributed by atoms with Crippen LogP contribution in [0, 0.1) is 0 Å². The number of halogens is 1. The van der Waals surface area contributed by atoms with Gasteiger partial charge in [-0.2, -0.15) is 0 Å². The fourth-order valence-electron chi connectivity index (χ4n) is 2.36. The predicted octanol–water partition coefficient (Wildman–Crippen LogP) is 4.50. The second-order valence-corrected chi connectivity index (χ2v) is 6.28. The fraction of sp³-hybridized carbons (Fsp3) is 0.158. The van der Waals surface area contributed by atoms with Gasteiger partial charge in [-0.25, -0.2) is 9.98 Å². The summed E-state index contributed by atoms with van der Waals surface area (Å²) in [6, 6.07) is 18.0. The smallest absolute Gasteiger partial charge is 0.193 e. The minimum Gasteiger partial charge on any atom is -0.380 e. The summed E-state index contributed by atoms with van der Waals surface area (Å²) in [5.41, 5.74) is 9.95. The van der Waals surface area contributed by atoms with Gasteiger partial charge in [0.25, 0.3) is 0 Å². The first kappa shape index (κ1) is 20.3. The topological polar surface area (TPSA) is 72.5 Å². The third-order valence-corrected chi connectivity index (χ3v) is 4.50. The van der Waals surface area contributed by atoms with Crippen LogP contribution >= 0.6 is 35.3 Å². The quantitative estimate of drug-likeness (QED) is 0.310. The standard InChI is InChI=1S/C19H20N4OS.HI/c1-24-12-15-9-5-6-10-17(15)23-19(20)21-11-16-13-25-18(22-16)14-7-3-2-4-8-14;/h2-10,13H,11-12H2,1H3,(H3,20,21,23);1H. The summed E-state index contributed by atoms with van der Waals surface area (Å²) in [6.07, 6.45) is 0. The SMILES string of the molecule is COCc1ccccc1NC(N)=NCc1csc(-c2ccccc2)n1.I. The molecule has 5 nitrogen and oxygen atoms in total. The highest BCUT2D eigenvalue weighted by Crippen LogP contribution is 2.23. The average Bonchev–Trinajstić information content (AvgIpc) is 3.12. The minimum absolute atomic E-state index is 0. The van der Waals surface area contributed by atoms with E-state index in [0.717, 1.165) is 27.5 Å². The van der Waals surface area contributed by atoms with Crippen LogP contribution in [0.2, 0.25) is 0 Å². The number of nitrogens with one attached hydrogen (secondary N) is 1. The van der Waals surface area contributed by atoms with E-state index < -0.39 is 0 Å². The van der Waals surface area contributed by atoms with E-state index in [1.807, 2.05) is 47.8 Å². The van der Waals surface area contributed by atoms with Crippen molar-refractivity contribution in [2.75, 3.05) is 12.4 Å². The number of aliphatic imine (C=N–C) groups is 1. The number of methoxy groups -OCH3 is 1. The lowest BCUT2D eigenvalue weighted by Gasteiger charge is -2.10. The van der Waals surface area contributed by atoms with Gasteiger partial charge >= 0.3 is 0 Å². The van der Waals surface area contributed by atoms with E-state index >= 15 is 0 Å². The first-order valence-corrected chi connectivity index (χ1v) is 8.78. The van der Waals surface area contributed by atoms with E-state index in [2.05, 4.69) is 27.4 Å². The Morgan fingerprint density at radius 2 is 1.88 bits per heavy atom. The van der Waals surface area contributed by atoms with Crippen LogP contribution in [0.4, 0.5) is 5.69 Å². The van der Waals surface area contributed by atoms with Crippen molar-refractivity contribution in [2.45, 2.75) is 13.2 Å². The van der Waals surface area contributed by atoms with Crippen LogP contribution in [0.1, 0.15) is 11.3 Å². The number of nitrogens with zero attached hydrogens (tertiary/aromatic N) is 2. The lowest BCUT2D eigenvalue weighted by atomic mass is 10.2. The summed E-state index contributed by atoms with van der Waals surface area (Å²) in [5.74, 6) is 0.359. The van der Waals surface area contributed by atoms with Crippen molar-refractivity contribution < 1.29 is 4.74 Å². The monoisotopic (exact) mass is 480 g/mol. The first-order valence-electron chi connectivity index (χ1n) is 7.90. The van der Waals surface area contributed by atoms with Crippen LogP contribution in [0.25, 0.3) is 10.6 Å². The number of benzene rings is 2. The molecule has 0 amide bonds. The average molecular weight is 480 g/mol. The molecule has 3 rings (SSSR count). The lowest BCUT2D eigenvalue weighted by Crippen LogP contribution is -2.23. The van der Waals surface area contributed by atoms with Crippen LogP contribution < -0.4 is 11.1 Å². The molecule has 1 aromatic heterocycles. The van der Waals surface area contributed by atoms with Crippen LogP contribution in [0.15, 0.2) is 65.0 Å². The van der Waals surface area contributed by atoms with Crippen molar-refractivity contribution in [2.24, 2.45) is 10.7 Å². The zero-order valence-electron chi connectivity index (χ0n) is 14.4. The summed E-state index contributed by atoms with van der Waals surface area (Å²) in [4.78, 5) is 9.00. The zero-order chi connectivity index (χ0) is 17.5. The molecule has 1 heterocycles. The molecule has 0 atom stereocenters. The van der Waals surface area contributed by atoms with Crippen molar-refractivity contribution in [3.05, 3.63) is 71.2 Å². The molecule has 0 aliphatic heterocycles. The van der Waals surface area contributed by atoms with Gasteiger partial charge in [0.1, 0.15) is 5.01 Å². The normalized spacial score (nSPS) is 11.0. The van der Waals surface area contributed by atoms with Crippen molar-refractivity contribution >= 4 is 47.0 Å². The van der Waals surface area contributed by atoms with Gasteiger partial charge in [-0.3, -0.25) is 0 Å². The van der Waals surface area contributed by atoms with E-state index in [1.165, 1.54) is 0 Å². The molecule has 2 aromatic carbocycles. The summed E-state index contributed by atoms with van der Waals surface area (Å²) >= 11 is 1.61. The number of thiazole rings is 1. The number of anilines is 1. The van der Waals surface area contributed by atoms with Crippen molar-refractivity contribution in [1.82, 2.24) is 4.98 Å². The molecule has 0 aliphatic rings. The van der Waals surface area contributed by atoms with Gasteiger partial charge in [0.05, 0.1) is 18.8 Å². The third kappa shape index (κ3) is 5.52. The predicted molar refractivity (Wildman–Crippen MR) is 119 cm³/mol. The van der Waals surface area contributed by atoms with Gasteiger partial charge in [-0.1, -0.05) is 48.5 Å². The van der Waals surface area contributed by atoms with Gasteiger partial charge in [0, 0.05) is 29.3 Å². The highest BCUT2D eigenvalue weighted by molar-refractivity contribution is 14.0. The number of aromatic nitrogens is 1. The largest absolute Gasteiger partial charge is 0.380 e. The zero-order valence-corrected chi connectivity index (χ0v) is 17.5. The number of para-hydroxylation sites is 1. The Kier molecular flexibility index (Phi) is 8.02. The Morgan fingerprint density at radius 3 is 2.65 bits per heavy atom. The summed E-state index contributed by atoms with van der Waals surface area (Å²) in [6.45, 7) is 0.956. The Labute approximate surface area is 174 Å². The molecule has 3 N–H and O–H groups in total. The fourth-order valence-corrected chi connectivity index (χ4v) is 3.18. The van der Waals surface area contributed by atoms with Crippen LogP contribution in [-0.2, 0) is 17.9 Å². The van der Waals surface area contributed by atoms with Gasteiger partial charge in [-0.05, 0) is 6.07 Å². The maximum Gasteiger partial charge on any atom is 0.193 e. The van der Waals surface area contributed by atoms with Crippen LogP contribution in [0.5, 0.6) is 0 Å². The maximum absolute atomic E-state index is 6.01. The molecule has 3 aromatic rings. The van der Waals surface area contributed by atoms with Crippen LogP contribution in [-0.4, -0.2) is 18.1 Å². The minimum atomic E-state index is 0. The molecule has 0 bridgehead atoms. The number of nitrogens with two attached hydrogens (primary N) is 1. The van der Waals surface area contributed by atoms with Crippen molar-refractivity contribution in [3.8, 4) is 10.6 Å². The van der Waals surface area contributed by atoms with Gasteiger partial charge in [0.15, 0.2) is 5.96 Å². The molecule has 0 aliphatic carbocycles. The Bertz CT molecular complexity index is 852. The number of hydrogen-bond donors (Lipinski definition) is 2. The Morgan fingerprint density at radius 1 is 1.15 bits per heavy atom. The van der Waals surface area contributed by atoms with Crippen molar-refractivity contribution in [1.29, 1.82) is 0 Å². The molecule has 0 spiro atoms. The molecule has 26 heavy (non-hydrogen) atoms. The number of hydrogen-bond acceptors (Lipinski definition) is 4. The Balaban J connectivity index is 0.00000243. The number of rotatable bonds is 6. The van der Waals surface area contributed by atoms with E-state index in [9.17, 15) is 0 Å². The molecular formula is C19H21IN4OS.